The second kappa shape index (κ2) is 5.58. The van der Waals surface area contributed by atoms with Crippen molar-refractivity contribution in [3.8, 4) is 0 Å². The SMILES string of the molecule is Cc1ccc(C(Cl)c2ccc(C(C)C)cc2)cc1. The second-order valence-corrected chi connectivity index (χ2v) is 5.53. The zero-order chi connectivity index (χ0) is 13.1. The zero-order valence-corrected chi connectivity index (χ0v) is 11.9. The summed E-state index contributed by atoms with van der Waals surface area (Å²) in [6.07, 6.45) is 0. The first kappa shape index (κ1) is 13.2. The van der Waals surface area contributed by atoms with Crippen LogP contribution in [-0.2, 0) is 0 Å². The molecule has 2 rings (SSSR count). The number of benzene rings is 2. The summed E-state index contributed by atoms with van der Waals surface area (Å²) >= 11 is 6.52. The minimum atomic E-state index is -0.0631. The lowest BCUT2D eigenvalue weighted by molar-refractivity contribution is 0.865. The van der Waals surface area contributed by atoms with Gasteiger partial charge in [0.1, 0.15) is 0 Å². The van der Waals surface area contributed by atoms with Crippen molar-refractivity contribution in [2.45, 2.75) is 32.1 Å². The van der Waals surface area contributed by atoms with Crippen LogP contribution in [0, 0.1) is 6.92 Å². The molecule has 1 atom stereocenters. The first-order chi connectivity index (χ1) is 8.58. The van der Waals surface area contributed by atoms with Crippen LogP contribution in [-0.4, -0.2) is 0 Å². The standard InChI is InChI=1S/C17H19Cl/c1-12(2)14-8-10-16(11-9-14)17(18)15-6-4-13(3)5-7-15/h4-12,17H,1-3H3. The van der Waals surface area contributed by atoms with Crippen molar-refractivity contribution in [2.75, 3.05) is 0 Å². The first-order valence-electron chi connectivity index (χ1n) is 6.38. The van der Waals surface area contributed by atoms with Gasteiger partial charge < -0.3 is 0 Å². The quantitative estimate of drug-likeness (QED) is 0.643. The molecule has 0 spiro atoms. The van der Waals surface area contributed by atoms with Gasteiger partial charge in [-0.2, -0.15) is 0 Å². The lowest BCUT2D eigenvalue weighted by Gasteiger charge is -2.12. The highest BCUT2D eigenvalue weighted by molar-refractivity contribution is 6.22. The van der Waals surface area contributed by atoms with E-state index in [1.165, 1.54) is 11.1 Å². The van der Waals surface area contributed by atoms with E-state index in [9.17, 15) is 0 Å². The van der Waals surface area contributed by atoms with E-state index in [1.54, 1.807) is 0 Å². The van der Waals surface area contributed by atoms with Crippen molar-refractivity contribution in [2.24, 2.45) is 0 Å². The fourth-order valence-corrected chi connectivity index (χ4v) is 2.27. The van der Waals surface area contributed by atoms with Crippen LogP contribution >= 0.6 is 11.6 Å². The molecule has 1 unspecified atom stereocenters. The highest BCUT2D eigenvalue weighted by Crippen LogP contribution is 2.29. The summed E-state index contributed by atoms with van der Waals surface area (Å²) in [4.78, 5) is 0. The number of hydrogen-bond acceptors (Lipinski definition) is 0. The molecule has 0 saturated carbocycles. The van der Waals surface area contributed by atoms with Gasteiger partial charge in [0, 0.05) is 0 Å². The maximum atomic E-state index is 6.52. The van der Waals surface area contributed by atoms with Gasteiger partial charge in [0.25, 0.3) is 0 Å². The summed E-state index contributed by atoms with van der Waals surface area (Å²) in [6.45, 7) is 6.49. The van der Waals surface area contributed by atoms with E-state index >= 15 is 0 Å². The van der Waals surface area contributed by atoms with Crippen molar-refractivity contribution in [3.63, 3.8) is 0 Å². The average Bonchev–Trinajstić information content (AvgIpc) is 2.39. The van der Waals surface area contributed by atoms with E-state index in [4.69, 9.17) is 11.6 Å². The Labute approximate surface area is 115 Å². The van der Waals surface area contributed by atoms with Gasteiger partial charge in [-0.3, -0.25) is 0 Å². The minimum Gasteiger partial charge on any atom is -0.113 e. The summed E-state index contributed by atoms with van der Waals surface area (Å²) in [7, 11) is 0. The van der Waals surface area contributed by atoms with Crippen LogP contribution in [0.1, 0.15) is 47.4 Å². The van der Waals surface area contributed by atoms with E-state index in [-0.39, 0.29) is 5.38 Å². The van der Waals surface area contributed by atoms with E-state index in [1.807, 2.05) is 0 Å². The van der Waals surface area contributed by atoms with Gasteiger partial charge in [-0.1, -0.05) is 67.9 Å². The number of alkyl halides is 1. The molecule has 0 N–H and O–H groups in total. The number of halogens is 1. The van der Waals surface area contributed by atoms with Gasteiger partial charge in [0.15, 0.2) is 0 Å². The fraction of sp³-hybridized carbons (Fsp3) is 0.294. The summed E-state index contributed by atoms with van der Waals surface area (Å²) < 4.78 is 0. The summed E-state index contributed by atoms with van der Waals surface area (Å²) in [5.74, 6) is 0.562. The largest absolute Gasteiger partial charge is 0.113 e. The Bertz CT molecular complexity index is 494. The van der Waals surface area contributed by atoms with Gasteiger partial charge in [-0.25, -0.2) is 0 Å². The molecule has 0 fully saturated rings. The van der Waals surface area contributed by atoms with Crippen LogP contribution < -0.4 is 0 Å². The molecule has 0 aromatic heterocycles. The lowest BCUT2D eigenvalue weighted by atomic mass is 9.98. The predicted molar refractivity (Wildman–Crippen MR) is 79.4 cm³/mol. The van der Waals surface area contributed by atoms with Crippen LogP contribution in [0.15, 0.2) is 48.5 Å². The normalized spacial score (nSPS) is 12.7. The number of aryl methyl sites for hydroxylation is 1. The van der Waals surface area contributed by atoms with E-state index in [2.05, 4.69) is 69.3 Å². The van der Waals surface area contributed by atoms with Crippen LogP contribution in [0.3, 0.4) is 0 Å². The second-order valence-electron chi connectivity index (χ2n) is 5.09. The van der Waals surface area contributed by atoms with Crippen molar-refractivity contribution in [1.29, 1.82) is 0 Å². The number of rotatable bonds is 3. The van der Waals surface area contributed by atoms with Gasteiger partial charge in [0.2, 0.25) is 0 Å². The first-order valence-corrected chi connectivity index (χ1v) is 6.82. The molecule has 0 aliphatic carbocycles. The molecule has 2 aromatic rings. The Kier molecular flexibility index (Phi) is 4.08. The summed E-state index contributed by atoms with van der Waals surface area (Å²) in [5, 5.41) is -0.0631. The molecule has 0 heterocycles. The summed E-state index contributed by atoms with van der Waals surface area (Å²) in [5.41, 5.74) is 4.92. The molecule has 94 valence electrons. The third-order valence-corrected chi connectivity index (χ3v) is 3.77. The minimum absolute atomic E-state index is 0.0631. The molecule has 0 aliphatic rings. The highest BCUT2D eigenvalue weighted by Gasteiger charge is 2.10. The summed E-state index contributed by atoms with van der Waals surface area (Å²) in [6, 6.07) is 17.0. The van der Waals surface area contributed by atoms with Gasteiger partial charge >= 0.3 is 0 Å². The molecule has 1 heteroatoms. The molecule has 0 aliphatic heterocycles. The molecule has 0 nitrogen and oxygen atoms in total. The Balaban J connectivity index is 2.23. The topological polar surface area (TPSA) is 0 Å². The van der Waals surface area contributed by atoms with Gasteiger partial charge in [-0.15, -0.1) is 11.6 Å². The van der Waals surface area contributed by atoms with Gasteiger partial charge in [0.05, 0.1) is 5.38 Å². The lowest BCUT2D eigenvalue weighted by Crippen LogP contribution is -1.94. The van der Waals surface area contributed by atoms with E-state index in [0.29, 0.717) is 5.92 Å². The monoisotopic (exact) mass is 258 g/mol. The maximum Gasteiger partial charge on any atom is 0.0835 e. The fourth-order valence-electron chi connectivity index (χ4n) is 1.98. The number of hydrogen-bond donors (Lipinski definition) is 0. The Morgan fingerprint density at radius 3 is 1.56 bits per heavy atom. The molecule has 0 amide bonds. The van der Waals surface area contributed by atoms with Crippen molar-refractivity contribution < 1.29 is 0 Å². The Morgan fingerprint density at radius 2 is 1.11 bits per heavy atom. The maximum absolute atomic E-state index is 6.52. The molecule has 0 bridgehead atoms. The Hall–Kier alpha value is -1.27. The van der Waals surface area contributed by atoms with Crippen LogP contribution in [0.5, 0.6) is 0 Å². The molecule has 0 saturated heterocycles. The molecular formula is C17H19Cl. The van der Waals surface area contributed by atoms with E-state index in [0.717, 1.165) is 11.1 Å². The molecule has 0 radical (unpaired) electrons. The molecule has 2 aromatic carbocycles. The van der Waals surface area contributed by atoms with Crippen LogP contribution in [0.2, 0.25) is 0 Å². The van der Waals surface area contributed by atoms with Gasteiger partial charge in [-0.05, 0) is 29.5 Å². The predicted octanol–water partition coefficient (Wildman–Crippen LogP) is 5.45. The van der Waals surface area contributed by atoms with Crippen molar-refractivity contribution in [3.05, 3.63) is 70.8 Å². The van der Waals surface area contributed by atoms with Crippen LogP contribution in [0.4, 0.5) is 0 Å². The van der Waals surface area contributed by atoms with Crippen molar-refractivity contribution in [1.82, 2.24) is 0 Å². The molecule has 18 heavy (non-hydrogen) atoms. The average molecular weight is 259 g/mol. The smallest absolute Gasteiger partial charge is 0.0835 e. The Morgan fingerprint density at radius 1 is 0.722 bits per heavy atom. The third kappa shape index (κ3) is 2.94. The zero-order valence-electron chi connectivity index (χ0n) is 11.2. The third-order valence-electron chi connectivity index (χ3n) is 3.27. The molecular weight excluding hydrogens is 240 g/mol. The van der Waals surface area contributed by atoms with E-state index < -0.39 is 0 Å². The highest BCUT2D eigenvalue weighted by atomic mass is 35.5. The van der Waals surface area contributed by atoms with Crippen molar-refractivity contribution >= 4 is 11.6 Å². The van der Waals surface area contributed by atoms with Crippen LogP contribution in [0.25, 0.3) is 0 Å².